The normalized spacial score (nSPS) is 19.9. The van der Waals surface area contributed by atoms with E-state index in [0.29, 0.717) is 0 Å². The van der Waals surface area contributed by atoms with E-state index in [1.807, 2.05) is 31.2 Å². The van der Waals surface area contributed by atoms with E-state index < -0.39 is 9.84 Å². The molecule has 0 bridgehead atoms. The highest BCUT2D eigenvalue weighted by atomic mass is 32.2. The van der Waals surface area contributed by atoms with Gasteiger partial charge in [-0.25, -0.2) is 8.42 Å². The van der Waals surface area contributed by atoms with Crippen LogP contribution in [0.3, 0.4) is 0 Å². The molecule has 0 spiro atoms. The highest BCUT2D eigenvalue weighted by molar-refractivity contribution is 7.90. The molecule has 2 N–H and O–H groups in total. The summed E-state index contributed by atoms with van der Waals surface area (Å²) in [5.74, 6) is 0.261. The Balaban J connectivity index is 2.23. The molecule has 1 aliphatic carbocycles. The van der Waals surface area contributed by atoms with Crippen molar-refractivity contribution < 1.29 is 8.42 Å². The van der Waals surface area contributed by atoms with Gasteiger partial charge in [0.15, 0.2) is 0 Å². The zero-order valence-corrected chi connectivity index (χ0v) is 11.1. The minimum absolute atomic E-state index is 0.0223. The van der Waals surface area contributed by atoms with Crippen molar-refractivity contribution in [3.8, 4) is 0 Å². The molecule has 0 saturated heterocycles. The molecule has 0 aliphatic heterocycles. The van der Waals surface area contributed by atoms with E-state index in [9.17, 15) is 8.42 Å². The summed E-state index contributed by atoms with van der Waals surface area (Å²) in [7, 11) is -2.92. The van der Waals surface area contributed by atoms with E-state index >= 15 is 0 Å². The average Bonchev–Trinajstić information content (AvgIpc) is 2.96. The number of sulfone groups is 1. The highest BCUT2D eigenvalue weighted by Crippen LogP contribution is 2.49. The Morgan fingerprint density at radius 1 is 1.29 bits per heavy atom. The Labute approximate surface area is 103 Å². The van der Waals surface area contributed by atoms with Crippen LogP contribution in [-0.4, -0.2) is 20.4 Å². The monoisotopic (exact) mass is 253 g/mol. The highest BCUT2D eigenvalue weighted by Gasteiger charge is 2.46. The molecule has 2 rings (SSSR count). The fourth-order valence-corrected chi connectivity index (χ4v) is 3.77. The van der Waals surface area contributed by atoms with Gasteiger partial charge in [0.2, 0.25) is 0 Å². The van der Waals surface area contributed by atoms with Crippen molar-refractivity contribution >= 4 is 9.84 Å². The van der Waals surface area contributed by atoms with Gasteiger partial charge >= 0.3 is 0 Å². The molecule has 0 radical (unpaired) electrons. The topological polar surface area (TPSA) is 60.2 Å². The van der Waals surface area contributed by atoms with Gasteiger partial charge in [0.25, 0.3) is 0 Å². The standard InChI is InChI=1S/C13H19NO2S/c1-10(14)11-3-5-12(6-4-11)13(7-8-13)9-17(2,15)16/h3-6,10H,7-9,14H2,1-2H3. The second-order valence-corrected chi connectivity index (χ2v) is 7.40. The quantitative estimate of drug-likeness (QED) is 0.889. The smallest absolute Gasteiger partial charge is 0.148 e. The van der Waals surface area contributed by atoms with Crippen LogP contribution in [0.15, 0.2) is 24.3 Å². The zero-order valence-electron chi connectivity index (χ0n) is 10.3. The summed E-state index contributed by atoms with van der Waals surface area (Å²) < 4.78 is 22.8. The molecule has 0 aromatic heterocycles. The lowest BCUT2D eigenvalue weighted by Crippen LogP contribution is -2.20. The summed E-state index contributed by atoms with van der Waals surface area (Å²) in [5.41, 5.74) is 7.89. The Morgan fingerprint density at radius 3 is 2.18 bits per heavy atom. The maximum atomic E-state index is 11.4. The van der Waals surface area contributed by atoms with Crippen LogP contribution >= 0.6 is 0 Å². The van der Waals surface area contributed by atoms with Crippen molar-refractivity contribution in [3.05, 3.63) is 35.4 Å². The van der Waals surface area contributed by atoms with Gasteiger partial charge in [-0.2, -0.15) is 0 Å². The largest absolute Gasteiger partial charge is 0.324 e. The van der Waals surface area contributed by atoms with Gasteiger partial charge in [-0.15, -0.1) is 0 Å². The molecule has 1 aromatic carbocycles. The summed E-state index contributed by atoms with van der Waals surface area (Å²) >= 11 is 0. The Hall–Kier alpha value is -0.870. The molecule has 1 fully saturated rings. The van der Waals surface area contributed by atoms with E-state index in [1.54, 1.807) is 0 Å². The van der Waals surface area contributed by atoms with Crippen molar-refractivity contribution in [2.45, 2.75) is 31.2 Å². The minimum Gasteiger partial charge on any atom is -0.324 e. The van der Waals surface area contributed by atoms with Gasteiger partial charge in [-0.3, -0.25) is 0 Å². The first kappa shape index (κ1) is 12.6. The summed E-state index contributed by atoms with van der Waals surface area (Å²) in [5, 5.41) is 0. The lowest BCUT2D eigenvalue weighted by atomic mass is 9.96. The molecule has 1 atom stereocenters. The van der Waals surface area contributed by atoms with Crippen LogP contribution in [0, 0.1) is 0 Å². The summed E-state index contributed by atoms with van der Waals surface area (Å²) in [6.07, 6.45) is 3.25. The molecule has 4 heteroatoms. The van der Waals surface area contributed by atoms with Crippen molar-refractivity contribution in [1.82, 2.24) is 0 Å². The van der Waals surface area contributed by atoms with Crippen LogP contribution in [0.4, 0.5) is 0 Å². The number of rotatable bonds is 4. The summed E-state index contributed by atoms with van der Waals surface area (Å²) in [4.78, 5) is 0. The van der Waals surface area contributed by atoms with Crippen molar-refractivity contribution in [1.29, 1.82) is 0 Å². The Kier molecular flexibility index (Phi) is 3.04. The molecule has 0 heterocycles. The van der Waals surface area contributed by atoms with Crippen LogP contribution in [0.1, 0.15) is 36.9 Å². The average molecular weight is 253 g/mol. The van der Waals surface area contributed by atoms with Gasteiger partial charge in [-0.05, 0) is 30.9 Å². The number of hydrogen-bond acceptors (Lipinski definition) is 3. The van der Waals surface area contributed by atoms with Gasteiger partial charge < -0.3 is 5.73 Å². The molecular formula is C13H19NO2S. The van der Waals surface area contributed by atoms with Crippen LogP contribution in [0.2, 0.25) is 0 Å². The van der Waals surface area contributed by atoms with E-state index in [2.05, 4.69) is 0 Å². The van der Waals surface area contributed by atoms with Gasteiger partial charge in [0, 0.05) is 17.7 Å². The van der Waals surface area contributed by atoms with E-state index in [1.165, 1.54) is 6.26 Å². The number of benzene rings is 1. The predicted octanol–water partition coefficient (Wildman–Crippen LogP) is 1.78. The summed E-state index contributed by atoms with van der Waals surface area (Å²) in [6.45, 7) is 1.94. The van der Waals surface area contributed by atoms with Crippen molar-refractivity contribution in [2.75, 3.05) is 12.0 Å². The fourth-order valence-electron chi connectivity index (χ4n) is 2.31. The molecule has 17 heavy (non-hydrogen) atoms. The third kappa shape index (κ3) is 2.87. The van der Waals surface area contributed by atoms with E-state index in [0.717, 1.165) is 24.0 Å². The van der Waals surface area contributed by atoms with Gasteiger partial charge in [0.1, 0.15) is 9.84 Å². The molecule has 1 unspecified atom stereocenters. The Morgan fingerprint density at radius 2 is 1.82 bits per heavy atom. The third-order valence-corrected chi connectivity index (χ3v) is 4.52. The molecule has 3 nitrogen and oxygen atoms in total. The van der Waals surface area contributed by atoms with Crippen LogP contribution < -0.4 is 5.73 Å². The second kappa shape index (κ2) is 4.10. The third-order valence-electron chi connectivity index (χ3n) is 3.44. The molecule has 1 aromatic rings. The molecule has 0 amide bonds. The molecule has 94 valence electrons. The minimum atomic E-state index is -2.92. The number of nitrogens with two attached hydrogens (primary N) is 1. The maximum absolute atomic E-state index is 11.4. The molecule has 1 aliphatic rings. The van der Waals surface area contributed by atoms with Crippen molar-refractivity contribution in [2.24, 2.45) is 5.73 Å². The van der Waals surface area contributed by atoms with E-state index in [4.69, 9.17) is 5.73 Å². The zero-order chi connectivity index (χ0) is 12.7. The lowest BCUT2D eigenvalue weighted by Gasteiger charge is -2.15. The summed E-state index contributed by atoms with van der Waals surface area (Å²) in [6, 6.07) is 8.08. The van der Waals surface area contributed by atoms with Crippen LogP contribution in [0.5, 0.6) is 0 Å². The first-order chi connectivity index (χ1) is 7.82. The fraction of sp³-hybridized carbons (Fsp3) is 0.538. The first-order valence-corrected chi connectivity index (χ1v) is 7.92. The Bertz CT molecular complexity index is 499. The van der Waals surface area contributed by atoms with Crippen LogP contribution in [0.25, 0.3) is 0 Å². The number of hydrogen-bond donors (Lipinski definition) is 1. The first-order valence-electron chi connectivity index (χ1n) is 5.86. The predicted molar refractivity (Wildman–Crippen MR) is 69.7 cm³/mol. The SMILES string of the molecule is CC(N)c1ccc(C2(CS(C)(=O)=O)CC2)cc1. The van der Waals surface area contributed by atoms with Crippen LogP contribution in [-0.2, 0) is 15.3 Å². The van der Waals surface area contributed by atoms with Crippen molar-refractivity contribution in [3.63, 3.8) is 0 Å². The maximum Gasteiger partial charge on any atom is 0.148 e. The molecule has 1 saturated carbocycles. The lowest BCUT2D eigenvalue weighted by molar-refractivity contribution is 0.592. The second-order valence-electron chi connectivity index (χ2n) is 5.26. The van der Waals surface area contributed by atoms with Gasteiger partial charge in [0.05, 0.1) is 5.75 Å². The van der Waals surface area contributed by atoms with Gasteiger partial charge in [-0.1, -0.05) is 24.3 Å². The van der Waals surface area contributed by atoms with E-state index in [-0.39, 0.29) is 17.2 Å². The molecular weight excluding hydrogens is 234 g/mol.